The highest BCUT2D eigenvalue weighted by molar-refractivity contribution is 6.03. The van der Waals surface area contributed by atoms with Gasteiger partial charge in [0.15, 0.2) is 0 Å². The lowest BCUT2D eigenvalue weighted by molar-refractivity contribution is -0.150. The molecule has 1 aromatic heterocycles. The van der Waals surface area contributed by atoms with E-state index in [2.05, 4.69) is 10.3 Å². The lowest BCUT2D eigenvalue weighted by atomic mass is 10.2. The van der Waals surface area contributed by atoms with Gasteiger partial charge in [0, 0.05) is 25.1 Å². The number of esters is 1. The van der Waals surface area contributed by atoms with Crippen molar-refractivity contribution in [2.75, 3.05) is 11.9 Å². The molecule has 0 spiro atoms. The first-order valence-corrected chi connectivity index (χ1v) is 8.37. The number of nitrogens with one attached hydrogen (secondary N) is 1. The number of aliphatic hydroxyl groups excluding tert-OH is 1. The van der Waals surface area contributed by atoms with Crippen molar-refractivity contribution >= 4 is 17.7 Å². The third-order valence-corrected chi connectivity index (χ3v) is 4.10. The Morgan fingerprint density at radius 2 is 2.07 bits per heavy atom. The standard InChI is InChI=1S/C18H19N3O6/c1-11(23)26-13-9-16(27-14(13)10-22)21-8-7-15(20-18(21)25)19-17(24)12-5-3-2-4-6-12/h2-8,13-14,16,22H,9-10H2,1H3,(H,19,20,24,25). The van der Waals surface area contributed by atoms with E-state index < -0.39 is 30.1 Å². The Bertz CT molecular complexity index is 882. The van der Waals surface area contributed by atoms with Gasteiger partial charge < -0.3 is 19.9 Å². The van der Waals surface area contributed by atoms with Crippen molar-refractivity contribution < 1.29 is 24.2 Å². The van der Waals surface area contributed by atoms with Crippen molar-refractivity contribution in [3.63, 3.8) is 0 Å². The van der Waals surface area contributed by atoms with Gasteiger partial charge in [0.2, 0.25) is 0 Å². The summed E-state index contributed by atoms with van der Waals surface area (Å²) < 4.78 is 11.9. The summed E-state index contributed by atoms with van der Waals surface area (Å²) in [5.74, 6) is -0.766. The zero-order valence-corrected chi connectivity index (χ0v) is 14.6. The van der Waals surface area contributed by atoms with Crippen LogP contribution in [0.15, 0.2) is 47.4 Å². The van der Waals surface area contributed by atoms with Crippen LogP contribution in [0.1, 0.15) is 29.9 Å². The van der Waals surface area contributed by atoms with E-state index >= 15 is 0 Å². The number of rotatable bonds is 5. The summed E-state index contributed by atoms with van der Waals surface area (Å²) in [7, 11) is 0. The number of nitrogens with zero attached hydrogens (tertiary/aromatic N) is 2. The highest BCUT2D eigenvalue weighted by Crippen LogP contribution is 2.29. The molecule has 27 heavy (non-hydrogen) atoms. The third-order valence-electron chi connectivity index (χ3n) is 4.10. The third kappa shape index (κ3) is 4.39. The van der Waals surface area contributed by atoms with Crippen molar-refractivity contribution in [1.29, 1.82) is 0 Å². The Morgan fingerprint density at radius 3 is 2.70 bits per heavy atom. The van der Waals surface area contributed by atoms with E-state index in [0.717, 1.165) is 0 Å². The van der Waals surface area contributed by atoms with Crippen LogP contribution in [0.5, 0.6) is 0 Å². The highest BCUT2D eigenvalue weighted by Gasteiger charge is 2.38. The average molecular weight is 373 g/mol. The number of aromatic nitrogens is 2. The van der Waals surface area contributed by atoms with Crippen molar-refractivity contribution in [3.8, 4) is 0 Å². The summed E-state index contributed by atoms with van der Waals surface area (Å²) in [5, 5.41) is 11.9. The van der Waals surface area contributed by atoms with Gasteiger partial charge in [0.25, 0.3) is 5.91 Å². The summed E-state index contributed by atoms with van der Waals surface area (Å²) in [6.45, 7) is 0.918. The minimum absolute atomic E-state index is 0.110. The SMILES string of the molecule is CC(=O)OC1CC(n2ccc(NC(=O)c3ccccc3)nc2=O)OC1CO. The number of benzene rings is 1. The summed E-state index contributed by atoms with van der Waals surface area (Å²) >= 11 is 0. The molecule has 0 saturated carbocycles. The smallest absolute Gasteiger partial charge is 0.351 e. The number of ether oxygens (including phenoxy) is 2. The van der Waals surface area contributed by atoms with E-state index in [9.17, 15) is 19.5 Å². The van der Waals surface area contributed by atoms with E-state index in [4.69, 9.17) is 9.47 Å². The van der Waals surface area contributed by atoms with Crippen LogP contribution >= 0.6 is 0 Å². The number of amides is 1. The Balaban J connectivity index is 1.73. The van der Waals surface area contributed by atoms with Crippen LogP contribution in [0.25, 0.3) is 0 Å². The lowest BCUT2D eigenvalue weighted by Gasteiger charge is -2.15. The van der Waals surface area contributed by atoms with E-state index in [0.29, 0.717) is 5.56 Å². The molecule has 1 aliphatic rings. The molecule has 1 aromatic carbocycles. The van der Waals surface area contributed by atoms with Crippen LogP contribution in [-0.4, -0.2) is 45.3 Å². The summed E-state index contributed by atoms with van der Waals surface area (Å²) in [6, 6.07) is 10.0. The molecule has 2 N–H and O–H groups in total. The van der Waals surface area contributed by atoms with Crippen LogP contribution in [-0.2, 0) is 14.3 Å². The molecule has 3 atom stereocenters. The molecule has 1 saturated heterocycles. The predicted molar refractivity (Wildman–Crippen MR) is 94.1 cm³/mol. The monoisotopic (exact) mass is 373 g/mol. The molecular formula is C18H19N3O6. The molecule has 2 heterocycles. The molecule has 2 aromatic rings. The number of hydrogen-bond acceptors (Lipinski definition) is 7. The lowest BCUT2D eigenvalue weighted by Crippen LogP contribution is -2.29. The highest BCUT2D eigenvalue weighted by atomic mass is 16.6. The zero-order chi connectivity index (χ0) is 19.4. The summed E-state index contributed by atoms with van der Waals surface area (Å²) in [6.07, 6.45) is -0.455. The van der Waals surface area contributed by atoms with Crippen LogP contribution < -0.4 is 11.0 Å². The van der Waals surface area contributed by atoms with Gasteiger partial charge in [-0.3, -0.25) is 14.2 Å². The van der Waals surface area contributed by atoms with Gasteiger partial charge >= 0.3 is 11.7 Å². The van der Waals surface area contributed by atoms with Crippen molar-refractivity contribution in [2.24, 2.45) is 0 Å². The second-order valence-corrected chi connectivity index (χ2v) is 6.02. The second kappa shape index (κ2) is 8.11. The molecule has 0 aliphatic carbocycles. The maximum atomic E-state index is 12.3. The van der Waals surface area contributed by atoms with Gasteiger partial charge in [-0.2, -0.15) is 4.98 Å². The van der Waals surface area contributed by atoms with Crippen molar-refractivity contribution in [1.82, 2.24) is 9.55 Å². The minimum atomic E-state index is -0.731. The molecule has 0 bridgehead atoms. The van der Waals surface area contributed by atoms with E-state index in [-0.39, 0.29) is 24.8 Å². The zero-order valence-electron chi connectivity index (χ0n) is 14.6. The Kier molecular flexibility index (Phi) is 5.63. The minimum Gasteiger partial charge on any atom is -0.460 e. The summed E-state index contributed by atoms with van der Waals surface area (Å²) in [4.78, 5) is 39.5. The molecule has 142 valence electrons. The van der Waals surface area contributed by atoms with E-state index in [1.165, 1.54) is 23.8 Å². The van der Waals surface area contributed by atoms with Crippen LogP contribution in [0.2, 0.25) is 0 Å². The van der Waals surface area contributed by atoms with Crippen LogP contribution in [0.4, 0.5) is 5.82 Å². The predicted octanol–water partition coefficient (Wildman–Crippen LogP) is 0.707. The van der Waals surface area contributed by atoms with Gasteiger partial charge in [-0.05, 0) is 18.2 Å². The topological polar surface area (TPSA) is 120 Å². The molecule has 9 nitrogen and oxygen atoms in total. The Labute approximate surface area is 154 Å². The number of anilines is 1. The first-order chi connectivity index (χ1) is 13.0. The fourth-order valence-electron chi connectivity index (χ4n) is 2.85. The van der Waals surface area contributed by atoms with Crippen LogP contribution in [0, 0.1) is 0 Å². The van der Waals surface area contributed by atoms with E-state index in [1.54, 1.807) is 30.3 Å². The Morgan fingerprint density at radius 1 is 1.33 bits per heavy atom. The fraction of sp³-hybridized carbons (Fsp3) is 0.333. The first-order valence-electron chi connectivity index (χ1n) is 8.37. The van der Waals surface area contributed by atoms with Gasteiger partial charge in [-0.15, -0.1) is 0 Å². The Hall–Kier alpha value is -3.04. The molecule has 0 radical (unpaired) electrons. The fourth-order valence-corrected chi connectivity index (χ4v) is 2.85. The number of carbonyl (C=O) groups excluding carboxylic acids is 2. The molecular weight excluding hydrogens is 354 g/mol. The molecule has 1 fully saturated rings. The quantitative estimate of drug-likeness (QED) is 0.741. The maximum Gasteiger partial charge on any atom is 0.351 e. The van der Waals surface area contributed by atoms with Gasteiger partial charge in [0.1, 0.15) is 24.3 Å². The van der Waals surface area contributed by atoms with Crippen molar-refractivity contribution in [3.05, 3.63) is 58.6 Å². The molecule has 3 unspecified atom stereocenters. The first kappa shape index (κ1) is 18.7. The van der Waals surface area contributed by atoms with Gasteiger partial charge in [-0.25, -0.2) is 4.79 Å². The van der Waals surface area contributed by atoms with Gasteiger partial charge in [0.05, 0.1) is 6.61 Å². The number of carbonyl (C=O) groups is 2. The molecule has 9 heteroatoms. The molecule has 1 amide bonds. The largest absolute Gasteiger partial charge is 0.460 e. The molecule has 1 aliphatic heterocycles. The van der Waals surface area contributed by atoms with Crippen molar-refractivity contribution in [2.45, 2.75) is 31.8 Å². The average Bonchev–Trinajstić information content (AvgIpc) is 3.04. The molecule has 3 rings (SSSR count). The number of aliphatic hydroxyl groups is 1. The summed E-state index contributed by atoms with van der Waals surface area (Å²) in [5.41, 5.74) is -0.191. The maximum absolute atomic E-state index is 12.3. The normalized spacial score (nSPS) is 21.6. The second-order valence-electron chi connectivity index (χ2n) is 6.02. The van der Waals surface area contributed by atoms with E-state index in [1.807, 2.05) is 0 Å². The number of hydrogen-bond donors (Lipinski definition) is 2. The van der Waals surface area contributed by atoms with Gasteiger partial charge in [-0.1, -0.05) is 18.2 Å². The van der Waals surface area contributed by atoms with Crippen LogP contribution in [0.3, 0.4) is 0 Å².